The van der Waals surface area contributed by atoms with Gasteiger partial charge in [-0.25, -0.2) is 0 Å². The van der Waals surface area contributed by atoms with Crippen LogP contribution in [0.15, 0.2) is 24.3 Å². The predicted octanol–water partition coefficient (Wildman–Crippen LogP) is 3.88. The molecule has 2 aromatic rings. The number of para-hydroxylation sites is 1. The first-order chi connectivity index (χ1) is 12.2. The average molecular weight is 367 g/mol. The second-order valence-electron chi connectivity index (χ2n) is 7.18. The molecule has 3 rings (SSSR count). The maximum absolute atomic E-state index is 12.6. The molecule has 0 aliphatic carbocycles. The van der Waals surface area contributed by atoms with Crippen LogP contribution in [-0.4, -0.2) is 41.2 Å². The quantitative estimate of drug-likeness (QED) is 0.891. The minimum absolute atomic E-state index is 0.0843. The molecule has 142 valence electrons. The van der Waals surface area contributed by atoms with Gasteiger partial charge in [0.2, 0.25) is 0 Å². The maximum atomic E-state index is 12.6. The fourth-order valence-electron chi connectivity index (χ4n) is 4.28. The van der Waals surface area contributed by atoms with Crippen molar-refractivity contribution in [1.29, 1.82) is 0 Å². The molecule has 0 spiro atoms. The van der Waals surface area contributed by atoms with Gasteiger partial charge in [-0.3, -0.25) is 9.69 Å². The Morgan fingerprint density at radius 2 is 1.88 bits per heavy atom. The topological polar surface area (TPSA) is 51.3 Å². The number of primary amides is 1. The predicted molar refractivity (Wildman–Crippen MR) is 95.1 cm³/mol. The number of benzene rings is 1. The molecule has 0 unspecified atom stereocenters. The Bertz CT molecular complexity index is 804. The first-order valence-electron chi connectivity index (χ1n) is 8.87. The van der Waals surface area contributed by atoms with E-state index in [0.717, 1.165) is 16.6 Å². The number of likely N-dealkylation sites (tertiary alicyclic amines) is 1. The third-order valence-electron chi connectivity index (χ3n) is 5.53. The Hall–Kier alpha value is -2.02. The van der Waals surface area contributed by atoms with Crippen LogP contribution in [0.4, 0.5) is 13.2 Å². The Morgan fingerprint density at radius 1 is 1.27 bits per heavy atom. The summed E-state index contributed by atoms with van der Waals surface area (Å²) in [7, 11) is 0. The molecule has 26 heavy (non-hydrogen) atoms. The summed E-state index contributed by atoms with van der Waals surface area (Å²) in [4.78, 5) is 13.4. The number of carbonyl (C=O) groups excluding carboxylic acids is 1. The van der Waals surface area contributed by atoms with E-state index in [0.29, 0.717) is 31.5 Å². The van der Waals surface area contributed by atoms with Crippen molar-refractivity contribution in [3.63, 3.8) is 0 Å². The summed E-state index contributed by atoms with van der Waals surface area (Å²) >= 11 is 0. The standard InChI is InChI=1S/C19H24F3N3O/c1-12(14-7-9-24(10-8-14)11-19(20,21)22)25-13(2)17(18(23)26)15-5-3-4-6-16(15)25/h3-6,12,14H,7-11H2,1-2H3,(H2,23,26)/t12-/m0/s1. The third kappa shape index (κ3) is 3.58. The van der Waals surface area contributed by atoms with Crippen LogP contribution >= 0.6 is 0 Å². The number of rotatable bonds is 4. The Balaban J connectivity index is 1.84. The van der Waals surface area contributed by atoms with Crippen LogP contribution in [0.1, 0.15) is 41.9 Å². The first kappa shape index (κ1) is 18.8. The highest BCUT2D eigenvalue weighted by Gasteiger charge is 2.34. The van der Waals surface area contributed by atoms with Gasteiger partial charge in [0.15, 0.2) is 0 Å². The van der Waals surface area contributed by atoms with Gasteiger partial charge in [0.05, 0.1) is 12.1 Å². The molecule has 1 aliphatic heterocycles. The number of piperidine rings is 1. The van der Waals surface area contributed by atoms with Crippen LogP contribution in [0.5, 0.6) is 0 Å². The molecule has 1 saturated heterocycles. The van der Waals surface area contributed by atoms with Gasteiger partial charge in [-0.1, -0.05) is 18.2 Å². The number of nitrogens with zero attached hydrogens (tertiary/aromatic N) is 2. The summed E-state index contributed by atoms with van der Waals surface area (Å²) in [5.41, 5.74) is 7.88. The highest BCUT2D eigenvalue weighted by molar-refractivity contribution is 6.07. The molecule has 1 atom stereocenters. The van der Waals surface area contributed by atoms with E-state index in [9.17, 15) is 18.0 Å². The highest BCUT2D eigenvalue weighted by atomic mass is 19.4. The molecule has 1 fully saturated rings. The monoisotopic (exact) mass is 367 g/mol. The van der Waals surface area contributed by atoms with E-state index in [4.69, 9.17) is 5.73 Å². The normalized spacial score (nSPS) is 18.3. The van der Waals surface area contributed by atoms with Crippen molar-refractivity contribution < 1.29 is 18.0 Å². The number of halogens is 3. The molecule has 0 radical (unpaired) electrons. The minimum Gasteiger partial charge on any atom is -0.366 e. The molecule has 1 aliphatic rings. The summed E-state index contributed by atoms with van der Waals surface area (Å²) in [6.45, 7) is 4.00. The van der Waals surface area contributed by atoms with E-state index in [2.05, 4.69) is 11.5 Å². The molecule has 4 nitrogen and oxygen atoms in total. The van der Waals surface area contributed by atoms with Crippen LogP contribution in [0.3, 0.4) is 0 Å². The summed E-state index contributed by atoms with van der Waals surface area (Å²) in [6, 6.07) is 7.73. The van der Waals surface area contributed by atoms with E-state index in [1.54, 1.807) is 0 Å². The zero-order valence-corrected chi connectivity index (χ0v) is 15.0. The van der Waals surface area contributed by atoms with Crippen LogP contribution in [0, 0.1) is 12.8 Å². The lowest BCUT2D eigenvalue weighted by Gasteiger charge is -2.36. The van der Waals surface area contributed by atoms with Crippen LogP contribution in [-0.2, 0) is 0 Å². The van der Waals surface area contributed by atoms with Crippen molar-refractivity contribution in [3.8, 4) is 0 Å². The second kappa shape index (κ2) is 6.95. The van der Waals surface area contributed by atoms with Gasteiger partial charge in [0.1, 0.15) is 0 Å². The fraction of sp³-hybridized carbons (Fsp3) is 0.526. The maximum Gasteiger partial charge on any atom is 0.401 e. The average Bonchev–Trinajstić information content (AvgIpc) is 2.85. The number of hydrogen-bond acceptors (Lipinski definition) is 2. The fourth-order valence-corrected chi connectivity index (χ4v) is 4.28. The zero-order valence-electron chi connectivity index (χ0n) is 15.0. The summed E-state index contributed by atoms with van der Waals surface area (Å²) in [6.07, 6.45) is -2.74. The first-order valence-corrected chi connectivity index (χ1v) is 8.87. The van der Waals surface area contributed by atoms with E-state index in [-0.39, 0.29) is 12.0 Å². The number of nitrogens with two attached hydrogens (primary N) is 1. The Labute approximate surface area is 150 Å². The molecule has 2 heterocycles. The molecule has 1 aromatic carbocycles. The van der Waals surface area contributed by atoms with Crippen molar-refractivity contribution in [2.45, 2.75) is 38.9 Å². The third-order valence-corrected chi connectivity index (χ3v) is 5.53. The van der Waals surface area contributed by atoms with Gasteiger partial charge < -0.3 is 10.3 Å². The van der Waals surface area contributed by atoms with Crippen molar-refractivity contribution in [2.75, 3.05) is 19.6 Å². The molecule has 7 heteroatoms. The second-order valence-corrected chi connectivity index (χ2v) is 7.18. The van der Waals surface area contributed by atoms with E-state index >= 15 is 0 Å². The number of hydrogen-bond donors (Lipinski definition) is 1. The number of fused-ring (bicyclic) bond motifs is 1. The van der Waals surface area contributed by atoms with Crippen LogP contribution < -0.4 is 5.73 Å². The number of alkyl halides is 3. The molecular weight excluding hydrogens is 343 g/mol. The van der Waals surface area contributed by atoms with Crippen molar-refractivity contribution in [2.24, 2.45) is 11.7 Å². The Morgan fingerprint density at radius 3 is 2.46 bits per heavy atom. The molecule has 1 amide bonds. The number of aromatic nitrogens is 1. The molecule has 2 N–H and O–H groups in total. The van der Waals surface area contributed by atoms with Crippen LogP contribution in [0.2, 0.25) is 0 Å². The summed E-state index contributed by atoms with van der Waals surface area (Å²) < 4.78 is 39.9. The summed E-state index contributed by atoms with van der Waals surface area (Å²) in [5.74, 6) is -0.195. The Kier molecular flexibility index (Phi) is 5.01. The lowest BCUT2D eigenvalue weighted by molar-refractivity contribution is -0.149. The van der Waals surface area contributed by atoms with Gasteiger partial charge in [-0.05, 0) is 51.8 Å². The van der Waals surface area contributed by atoms with E-state index < -0.39 is 18.6 Å². The largest absolute Gasteiger partial charge is 0.401 e. The molecule has 1 aromatic heterocycles. The van der Waals surface area contributed by atoms with E-state index in [1.807, 2.05) is 31.2 Å². The van der Waals surface area contributed by atoms with Crippen LogP contribution in [0.25, 0.3) is 10.9 Å². The van der Waals surface area contributed by atoms with Crippen molar-refractivity contribution in [1.82, 2.24) is 9.47 Å². The summed E-state index contributed by atoms with van der Waals surface area (Å²) in [5, 5.41) is 0.832. The lowest BCUT2D eigenvalue weighted by atomic mass is 9.90. The molecular formula is C19H24F3N3O. The van der Waals surface area contributed by atoms with Gasteiger partial charge in [0, 0.05) is 22.6 Å². The van der Waals surface area contributed by atoms with Gasteiger partial charge in [-0.2, -0.15) is 13.2 Å². The van der Waals surface area contributed by atoms with Crippen molar-refractivity contribution >= 4 is 16.8 Å². The minimum atomic E-state index is -4.15. The molecule has 0 bridgehead atoms. The lowest BCUT2D eigenvalue weighted by Crippen LogP contribution is -2.41. The molecule has 0 saturated carbocycles. The van der Waals surface area contributed by atoms with E-state index in [1.165, 1.54) is 4.90 Å². The van der Waals surface area contributed by atoms with Gasteiger partial charge in [-0.15, -0.1) is 0 Å². The SMILES string of the molecule is Cc1c(C(N)=O)c2ccccc2n1[C@@H](C)C1CCN(CC(F)(F)F)CC1. The number of amides is 1. The van der Waals surface area contributed by atoms with Crippen molar-refractivity contribution in [3.05, 3.63) is 35.5 Å². The number of carbonyl (C=O) groups is 1. The van der Waals surface area contributed by atoms with Gasteiger partial charge in [0.25, 0.3) is 5.91 Å². The smallest absolute Gasteiger partial charge is 0.366 e. The highest BCUT2D eigenvalue weighted by Crippen LogP contribution is 2.35. The zero-order chi connectivity index (χ0) is 19.1. The van der Waals surface area contributed by atoms with Gasteiger partial charge >= 0.3 is 6.18 Å².